The Labute approximate surface area is 161 Å². The lowest BCUT2D eigenvalue weighted by molar-refractivity contribution is -1.02. The molecule has 1 amide bonds. The van der Waals surface area contributed by atoms with E-state index in [1.165, 1.54) is 17.4 Å². The molecule has 0 saturated carbocycles. The van der Waals surface area contributed by atoms with Crippen LogP contribution in [0, 0.1) is 0 Å². The maximum Gasteiger partial charge on any atom is 0.282 e. The molecule has 0 radical (unpaired) electrons. The molecule has 1 saturated heterocycles. The summed E-state index contributed by atoms with van der Waals surface area (Å²) in [5.74, 6) is 0.0134. The van der Waals surface area contributed by atoms with Gasteiger partial charge in [0.25, 0.3) is 5.91 Å². The normalized spacial score (nSPS) is 20.7. The Morgan fingerprint density at radius 1 is 1.00 bits per heavy atom. The molecule has 27 heavy (non-hydrogen) atoms. The quantitative estimate of drug-likeness (QED) is 0.639. The van der Waals surface area contributed by atoms with E-state index in [2.05, 4.69) is 29.6 Å². The minimum absolute atomic E-state index is 0.00212. The largest absolute Gasteiger partial charge is 0.322 e. The van der Waals surface area contributed by atoms with Crippen LogP contribution < -0.4 is 15.1 Å². The van der Waals surface area contributed by atoms with Gasteiger partial charge >= 0.3 is 0 Å². The molecule has 3 N–H and O–H groups in total. The molecule has 5 nitrogen and oxygen atoms in total. The van der Waals surface area contributed by atoms with Crippen LogP contribution in [0.15, 0.2) is 54.6 Å². The Morgan fingerprint density at radius 3 is 2.37 bits per heavy atom. The summed E-state index contributed by atoms with van der Waals surface area (Å²) in [6.45, 7) is 8.69. The van der Waals surface area contributed by atoms with Crippen LogP contribution in [-0.2, 0) is 11.3 Å². The number of rotatable bonds is 6. The average Bonchev–Trinajstić information content (AvgIpc) is 2.69. The highest BCUT2D eigenvalue weighted by Gasteiger charge is 2.31. The van der Waals surface area contributed by atoms with Gasteiger partial charge in [-0.1, -0.05) is 42.5 Å². The first-order chi connectivity index (χ1) is 13.0. The molecule has 3 rings (SSSR count). The van der Waals surface area contributed by atoms with E-state index in [1.807, 2.05) is 19.1 Å². The summed E-state index contributed by atoms with van der Waals surface area (Å²) >= 11 is 0. The summed E-state index contributed by atoms with van der Waals surface area (Å²) in [5.41, 5.74) is 2.67. The van der Waals surface area contributed by atoms with E-state index in [1.54, 1.807) is 23.1 Å². The highest BCUT2D eigenvalue weighted by Crippen LogP contribution is 2.11. The Hall–Kier alpha value is -2.50. The molecule has 0 aromatic heterocycles. The van der Waals surface area contributed by atoms with Crippen molar-refractivity contribution in [3.63, 3.8) is 0 Å². The third-order valence-electron chi connectivity index (χ3n) is 5.44. The third-order valence-corrected chi connectivity index (χ3v) is 5.44. The van der Waals surface area contributed by atoms with Crippen molar-refractivity contribution in [2.24, 2.45) is 0 Å². The molecule has 1 aliphatic rings. The van der Waals surface area contributed by atoms with Gasteiger partial charge in [-0.3, -0.25) is 9.59 Å². The molecular weight excluding hydrogens is 338 g/mol. The second kappa shape index (κ2) is 8.93. The summed E-state index contributed by atoms with van der Waals surface area (Å²) in [5, 5.41) is 2.97. The molecule has 0 bridgehead atoms. The van der Waals surface area contributed by atoms with Crippen molar-refractivity contribution < 1.29 is 19.4 Å². The number of carbonyl (C=O) groups is 2. The van der Waals surface area contributed by atoms with Gasteiger partial charge in [-0.25, -0.2) is 0 Å². The van der Waals surface area contributed by atoms with Crippen molar-refractivity contribution in [2.75, 3.05) is 31.5 Å². The molecule has 2 aromatic rings. The number of nitrogens with one attached hydrogen (secondary N) is 3. The molecule has 142 valence electrons. The van der Waals surface area contributed by atoms with E-state index in [0.717, 1.165) is 32.7 Å². The first-order valence-corrected chi connectivity index (χ1v) is 9.67. The van der Waals surface area contributed by atoms with Gasteiger partial charge in [0.1, 0.15) is 32.7 Å². The van der Waals surface area contributed by atoms with Gasteiger partial charge < -0.3 is 15.1 Å². The fraction of sp³-hybridized carbons (Fsp3) is 0.364. The van der Waals surface area contributed by atoms with Crippen LogP contribution in [0.3, 0.4) is 0 Å². The smallest absolute Gasteiger partial charge is 0.282 e. The fourth-order valence-corrected chi connectivity index (χ4v) is 3.67. The predicted octanol–water partition coefficient (Wildman–Crippen LogP) is 0.200. The van der Waals surface area contributed by atoms with Crippen molar-refractivity contribution in [2.45, 2.75) is 26.4 Å². The van der Waals surface area contributed by atoms with Gasteiger partial charge in [0, 0.05) is 16.8 Å². The average molecular weight is 367 g/mol. The number of Topliss-reactive ketones (excluding diaryl/α,β-unsaturated/α-hetero) is 1. The van der Waals surface area contributed by atoms with Crippen molar-refractivity contribution in [1.29, 1.82) is 0 Å². The van der Waals surface area contributed by atoms with Crippen molar-refractivity contribution in [3.05, 3.63) is 65.7 Å². The van der Waals surface area contributed by atoms with Gasteiger partial charge in [-0.2, -0.15) is 0 Å². The van der Waals surface area contributed by atoms with Gasteiger partial charge in [0.15, 0.2) is 11.8 Å². The molecule has 0 spiro atoms. The molecule has 1 heterocycles. The summed E-state index contributed by atoms with van der Waals surface area (Å²) in [4.78, 5) is 27.1. The van der Waals surface area contributed by atoms with Crippen LogP contribution in [0.5, 0.6) is 0 Å². The van der Waals surface area contributed by atoms with Crippen molar-refractivity contribution in [1.82, 2.24) is 0 Å². The summed E-state index contributed by atoms with van der Waals surface area (Å²) in [6.07, 6.45) is 0. The number of quaternary nitrogens is 2. The number of ketones is 1. The highest BCUT2D eigenvalue weighted by molar-refractivity contribution is 5.97. The number of anilines is 1. The number of piperazine rings is 1. The topological polar surface area (TPSA) is 55.0 Å². The van der Waals surface area contributed by atoms with E-state index in [4.69, 9.17) is 0 Å². The van der Waals surface area contributed by atoms with Crippen LogP contribution in [0.1, 0.15) is 29.8 Å². The molecule has 1 fully saturated rings. The standard InChI is InChI=1S/C22H27N3O2/c1-17(22(27)23-21-10-6-9-20(15-21)18(2)26)25-13-11-24(12-14-25)16-19-7-4-3-5-8-19/h3-10,15,17H,11-14,16H2,1-2H3,(H,23,27)/p+2/t17-/m1/s1. The third kappa shape index (κ3) is 5.25. The second-order valence-electron chi connectivity index (χ2n) is 7.42. The number of benzene rings is 2. The molecule has 0 aliphatic carbocycles. The zero-order valence-electron chi connectivity index (χ0n) is 16.1. The van der Waals surface area contributed by atoms with E-state index >= 15 is 0 Å². The molecule has 1 atom stereocenters. The SMILES string of the molecule is CC(=O)c1cccc(NC(=O)[C@@H](C)[NH+]2CC[NH+](Cc3ccccc3)CC2)c1. The van der Waals surface area contributed by atoms with Crippen molar-refractivity contribution >= 4 is 17.4 Å². The van der Waals surface area contributed by atoms with Gasteiger partial charge in [0.05, 0.1) is 0 Å². The lowest BCUT2D eigenvalue weighted by Gasteiger charge is -2.32. The second-order valence-corrected chi connectivity index (χ2v) is 7.42. The number of hydrogen-bond acceptors (Lipinski definition) is 2. The molecule has 0 unspecified atom stereocenters. The summed E-state index contributed by atoms with van der Waals surface area (Å²) < 4.78 is 0. The van der Waals surface area contributed by atoms with Gasteiger partial charge in [-0.15, -0.1) is 0 Å². The van der Waals surface area contributed by atoms with Gasteiger partial charge in [-0.05, 0) is 26.0 Å². The number of carbonyl (C=O) groups excluding carboxylic acids is 2. The minimum atomic E-state index is -0.107. The van der Waals surface area contributed by atoms with Crippen molar-refractivity contribution in [3.8, 4) is 0 Å². The van der Waals surface area contributed by atoms with Crippen LogP contribution in [0.2, 0.25) is 0 Å². The molecule has 1 aliphatic heterocycles. The summed E-state index contributed by atoms with van der Waals surface area (Å²) in [7, 11) is 0. The lowest BCUT2D eigenvalue weighted by atomic mass is 10.1. The minimum Gasteiger partial charge on any atom is -0.322 e. The van der Waals surface area contributed by atoms with Crippen LogP contribution in [-0.4, -0.2) is 43.9 Å². The number of hydrogen-bond donors (Lipinski definition) is 3. The molecule has 2 aromatic carbocycles. The van der Waals surface area contributed by atoms with Crippen LogP contribution in [0.25, 0.3) is 0 Å². The predicted molar refractivity (Wildman–Crippen MR) is 106 cm³/mol. The van der Waals surface area contributed by atoms with E-state index in [9.17, 15) is 9.59 Å². The van der Waals surface area contributed by atoms with Crippen LogP contribution >= 0.6 is 0 Å². The molecule has 5 heteroatoms. The zero-order chi connectivity index (χ0) is 19.2. The Balaban J connectivity index is 1.51. The van der Waals surface area contributed by atoms with E-state index in [-0.39, 0.29) is 17.7 Å². The van der Waals surface area contributed by atoms with Gasteiger partial charge in [0.2, 0.25) is 0 Å². The Bertz CT molecular complexity index is 783. The summed E-state index contributed by atoms with van der Waals surface area (Å²) in [6, 6.07) is 17.6. The lowest BCUT2D eigenvalue weighted by Crippen LogP contribution is -3.29. The van der Waals surface area contributed by atoms with E-state index < -0.39 is 0 Å². The fourth-order valence-electron chi connectivity index (χ4n) is 3.67. The Morgan fingerprint density at radius 2 is 1.70 bits per heavy atom. The number of amides is 1. The molecular formula is C22H29N3O2+2. The van der Waals surface area contributed by atoms with E-state index in [0.29, 0.717) is 11.3 Å². The first kappa shape index (κ1) is 19.3. The zero-order valence-corrected chi connectivity index (χ0v) is 16.1. The monoisotopic (exact) mass is 367 g/mol. The maximum absolute atomic E-state index is 12.6. The van der Waals surface area contributed by atoms with Crippen LogP contribution in [0.4, 0.5) is 5.69 Å². The Kier molecular flexibility index (Phi) is 6.37. The first-order valence-electron chi connectivity index (χ1n) is 9.67. The highest BCUT2D eigenvalue weighted by atomic mass is 16.2. The maximum atomic E-state index is 12.6.